The molecular weight excluding hydrogens is 304 g/mol. The highest BCUT2D eigenvalue weighted by Gasteiger charge is 2.11. The fourth-order valence-corrected chi connectivity index (χ4v) is 2.32. The lowest BCUT2D eigenvalue weighted by molar-refractivity contribution is -0.137. The zero-order valence-corrected chi connectivity index (χ0v) is 13.5. The van der Waals surface area contributed by atoms with Crippen LogP contribution in [0.3, 0.4) is 0 Å². The smallest absolute Gasteiger partial charge is 0.305 e. The van der Waals surface area contributed by atoms with E-state index in [0.29, 0.717) is 0 Å². The van der Waals surface area contributed by atoms with Gasteiger partial charge in [0.2, 0.25) is 11.8 Å². The summed E-state index contributed by atoms with van der Waals surface area (Å²) in [6, 6.07) is 7.46. The van der Waals surface area contributed by atoms with E-state index >= 15 is 0 Å². The number of carboxylic acids is 1. The molecule has 2 amide bonds. The topological polar surface area (TPSA) is 86.7 Å². The molecule has 22 heavy (non-hydrogen) atoms. The van der Waals surface area contributed by atoms with Crippen molar-refractivity contribution in [3.8, 4) is 0 Å². The second-order valence-electron chi connectivity index (χ2n) is 4.87. The summed E-state index contributed by atoms with van der Waals surface area (Å²) in [5.41, 5.74) is 1.84. The predicted octanol–water partition coefficient (Wildman–Crippen LogP) is 1.60. The van der Waals surface area contributed by atoms with Crippen LogP contribution in [0.1, 0.15) is 12.0 Å². The highest BCUT2D eigenvalue weighted by atomic mass is 32.2. The number of benzene rings is 1. The molecule has 0 radical (unpaired) electrons. The molecule has 120 valence electrons. The van der Waals surface area contributed by atoms with E-state index in [4.69, 9.17) is 5.11 Å². The van der Waals surface area contributed by atoms with Crippen molar-refractivity contribution in [1.29, 1.82) is 0 Å². The van der Waals surface area contributed by atoms with Crippen molar-refractivity contribution in [2.75, 3.05) is 30.4 Å². The Labute approximate surface area is 133 Å². The lowest BCUT2D eigenvalue weighted by Crippen LogP contribution is -2.30. The van der Waals surface area contributed by atoms with Crippen LogP contribution in [0.2, 0.25) is 0 Å². The van der Waals surface area contributed by atoms with E-state index in [0.717, 1.165) is 11.3 Å². The van der Waals surface area contributed by atoms with E-state index in [1.807, 2.05) is 31.2 Å². The van der Waals surface area contributed by atoms with Crippen molar-refractivity contribution in [2.24, 2.45) is 0 Å². The monoisotopic (exact) mass is 324 g/mol. The van der Waals surface area contributed by atoms with Crippen LogP contribution in [-0.4, -0.2) is 52.9 Å². The largest absolute Gasteiger partial charge is 0.481 e. The highest BCUT2D eigenvalue weighted by molar-refractivity contribution is 8.00. The van der Waals surface area contributed by atoms with Gasteiger partial charge in [-0.1, -0.05) is 17.7 Å². The first-order valence-corrected chi connectivity index (χ1v) is 7.94. The summed E-state index contributed by atoms with van der Waals surface area (Å²) in [5.74, 6) is -0.974. The lowest BCUT2D eigenvalue weighted by atomic mass is 10.2. The van der Waals surface area contributed by atoms with Crippen molar-refractivity contribution < 1.29 is 19.5 Å². The molecular formula is C15H20N2O4S. The number of nitrogens with one attached hydrogen (secondary N) is 1. The minimum Gasteiger partial charge on any atom is -0.481 e. The van der Waals surface area contributed by atoms with Crippen LogP contribution in [0.25, 0.3) is 0 Å². The van der Waals surface area contributed by atoms with Crippen LogP contribution in [0.15, 0.2) is 24.3 Å². The van der Waals surface area contributed by atoms with Crippen molar-refractivity contribution >= 4 is 35.2 Å². The summed E-state index contributed by atoms with van der Waals surface area (Å²) < 4.78 is 0. The molecule has 0 saturated heterocycles. The fourth-order valence-electron chi connectivity index (χ4n) is 1.56. The summed E-state index contributed by atoms with van der Waals surface area (Å²) in [6.45, 7) is 2.14. The van der Waals surface area contributed by atoms with Gasteiger partial charge in [0.1, 0.15) is 0 Å². The van der Waals surface area contributed by atoms with Gasteiger partial charge in [-0.3, -0.25) is 14.4 Å². The third-order valence-corrected chi connectivity index (χ3v) is 3.80. The average molecular weight is 324 g/mol. The Hall–Kier alpha value is -2.02. The molecule has 0 aliphatic rings. The molecule has 0 bridgehead atoms. The molecule has 0 fully saturated rings. The molecule has 0 aliphatic heterocycles. The van der Waals surface area contributed by atoms with Crippen LogP contribution >= 0.6 is 11.8 Å². The van der Waals surface area contributed by atoms with Crippen LogP contribution in [0.4, 0.5) is 5.69 Å². The highest BCUT2D eigenvalue weighted by Crippen LogP contribution is 2.10. The number of carboxylic acid groups (broad SMARTS) is 1. The van der Waals surface area contributed by atoms with Crippen molar-refractivity contribution in [1.82, 2.24) is 4.90 Å². The van der Waals surface area contributed by atoms with Crippen LogP contribution < -0.4 is 5.32 Å². The number of rotatable bonds is 8. The first kappa shape index (κ1) is 18.0. The summed E-state index contributed by atoms with van der Waals surface area (Å²) in [5, 5.41) is 11.3. The number of nitrogens with zero attached hydrogens (tertiary/aromatic N) is 1. The van der Waals surface area contributed by atoms with E-state index in [1.54, 1.807) is 7.05 Å². The molecule has 1 aromatic rings. The molecule has 2 N–H and O–H groups in total. The van der Waals surface area contributed by atoms with Gasteiger partial charge < -0.3 is 15.3 Å². The van der Waals surface area contributed by atoms with Gasteiger partial charge in [0.15, 0.2) is 0 Å². The standard InChI is InChI=1S/C15H20N2O4S/c1-11-3-5-12(6-4-11)16-13(18)9-22-10-14(19)17(2)8-7-15(20)21/h3-6H,7-10H2,1-2H3,(H,16,18)(H,20,21). The van der Waals surface area contributed by atoms with Crippen LogP contribution in [0, 0.1) is 6.92 Å². The minimum atomic E-state index is -0.940. The summed E-state index contributed by atoms with van der Waals surface area (Å²) in [4.78, 5) is 35.2. The Morgan fingerprint density at radius 3 is 2.41 bits per heavy atom. The van der Waals surface area contributed by atoms with Gasteiger partial charge >= 0.3 is 5.97 Å². The minimum absolute atomic E-state index is 0.0825. The molecule has 1 rings (SSSR count). The predicted molar refractivity (Wildman–Crippen MR) is 87.0 cm³/mol. The van der Waals surface area contributed by atoms with Gasteiger partial charge in [-0.25, -0.2) is 0 Å². The van der Waals surface area contributed by atoms with Gasteiger partial charge in [-0.15, -0.1) is 11.8 Å². The van der Waals surface area contributed by atoms with E-state index in [9.17, 15) is 14.4 Å². The number of amides is 2. The maximum absolute atomic E-state index is 11.7. The third-order valence-electron chi connectivity index (χ3n) is 2.88. The van der Waals surface area contributed by atoms with E-state index in [-0.39, 0.29) is 36.3 Å². The summed E-state index contributed by atoms with van der Waals surface area (Å²) in [7, 11) is 1.55. The molecule has 1 aromatic carbocycles. The van der Waals surface area contributed by atoms with Crippen LogP contribution in [0.5, 0.6) is 0 Å². The normalized spacial score (nSPS) is 10.1. The maximum Gasteiger partial charge on any atom is 0.305 e. The molecule has 0 spiro atoms. The SMILES string of the molecule is Cc1ccc(NC(=O)CSCC(=O)N(C)CCC(=O)O)cc1. The Morgan fingerprint density at radius 1 is 1.18 bits per heavy atom. The number of hydrogen-bond donors (Lipinski definition) is 2. The lowest BCUT2D eigenvalue weighted by Gasteiger charge is -2.15. The first-order chi connectivity index (χ1) is 10.4. The zero-order valence-electron chi connectivity index (χ0n) is 12.7. The van der Waals surface area contributed by atoms with Gasteiger partial charge in [-0.2, -0.15) is 0 Å². The molecule has 0 aromatic heterocycles. The second-order valence-corrected chi connectivity index (χ2v) is 5.85. The molecule has 0 atom stereocenters. The van der Waals surface area contributed by atoms with Gasteiger partial charge in [0, 0.05) is 19.3 Å². The number of carbonyl (C=O) groups excluding carboxylic acids is 2. The quantitative estimate of drug-likeness (QED) is 0.758. The average Bonchev–Trinajstić information content (AvgIpc) is 2.47. The van der Waals surface area contributed by atoms with Crippen LogP contribution in [-0.2, 0) is 14.4 Å². The number of thioether (sulfide) groups is 1. The van der Waals surface area contributed by atoms with Crippen molar-refractivity contribution in [3.05, 3.63) is 29.8 Å². The Kier molecular flexibility index (Phi) is 7.45. The van der Waals surface area contributed by atoms with Crippen molar-refractivity contribution in [2.45, 2.75) is 13.3 Å². The molecule has 0 heterocycles. The van der Waals surface area contributed by atoms with Gasteiger partial charge in [0.25, 0.3) is 0 Å². The van der Waals surface area contributed by atoms with E-state index in [2.05, 4.69) is 5.32 Å². The fraction of sp³-hybridized carbons (Fsp3) is 0.400. The molecule has 0 unspecified atom stereocenters. The number of carbonyl (C=O) groups is 3. The molecule has 0 aliphatic carbocycles. The molecule has 0 saturated carbocycles. The first-order valence-electron chi connectivity index (χ1n) is 6.78. The molecule has 7 heteroatoms. The zero-order chi connectivity index (χ0) is 16.5. The summed E-state index contributed by atoms with van der Waals surface area (Å²) in [6.07, 6.45) is -0.0825. The Balaban J connectivity index is 2.25. The van der Waals surface area contributed by atoms with E-state index in [1.165, 1.54) is 16.7 Å². The summed E-state index contributed by atoms with van der Waals surface area (Å²) >= 11 is 1.20. The Morgan fingerprint density at radius 2 is 1.82 bits per heavy atom. The van der Waals surface area contributed by atoms with Gasteiger partial charge in [-0.05, 0) is 19.1 Å². The number of anilines is 1. The third kappa shape index (κ3) is 7.12. The number of aliphatic carboxylic acids is 1. The van der Waals surface area contributed by atoms with Gasteiger partial charge in [0.05, 0.1) is 17.9 Å². The Bertz CT molecular complexity index is 531. The van der Waals surface area contributed by atoms with E-state index < -0.39 is 5.97 Å². The second kappa shape index (κ2) is 9.09. The number of hydrogen-bond acceptors (Lipinski definition) is 4. The van der Waals surface area contributed by atoms with Crippen molar-refractivity contribution in [3.63, 3.8) is 0 Å². The maximum atomic E-state index is 11.7. The number of aryl methyl sites for hydroxylation is 1. The molecule has 6 nitrogen and oxygen atoms in total.